The highest BCUT2D eigenvalue weighted by atomic mass is 16.6. The normalized spacial score (nSPS) is 22.2. The number of benzene rings is 4. The average Bonchev–Trinajstić information content (AvgIpc) is 3.24. The van der Waals surface area contributed by atoms with Gasteiger partial charge in [0, 0.05) is 24.0 Å². The first-order valence-corrected chi connectivity index (χ1v) is 13.1. The maximum atomic E-state index is 13.7. The molecule has 2 bridgehead atoms. The van der Waals surface area contributed by atoms with E-state index >= 15 is 0 Å². The van der Waals surface area contributed by atoms with E-state index in [0.717, 1.165) is 32.8 Å². The van der Waals surface area contributed by atoms with Crippen LogP contribution >= 0.6 is 0 Å². The van der Waals surface area contributed by atoms with Gasteiger partial charge in [0.15, 0.2) is 0 Å². The summed E-state index contributed by atoms with van der Waals surface area (Å²) in [6, 6.07) is 29.6. The molecule has 196 valence electrons. The second kappa shape index (κ2) is 9.27. The molecule has 8 nitrogen and oxygen atoms in total. The van der Waals surface area contributed by atoms with Crippen LogP contribution in [0.2, 0.25) is 0 Å². The second-order valence-corrected chi connectivity index (χ2v) is 10.3. The van der Waals surface area contributed by atoms with Crippen molar-refractivity contribution in [1.29, 1.82) is 0 Å². The fourth-order valence-corrected chi connectivity index (χ4v) is 6.46. The van der Waals surface area contributed by atoms with Crippen LogP contribution in [0.25, 0.3) is 0 Å². The number of hydrazone groups is 1. The zero-order chi connectivity index (χ0) is 27.4. The molecule has 4 aromatic carbocycles. The van der Waals surface area contributed by atoms with Crippen molar-refractivity contribution >= 4 is 23.7 Å². The van der Waals surface area contributed by atoms with Crippen molar-refractivity contribution in [2.45, 2.75) is 18.4 Å². The summed E-state index contributed by atoms with van der Waals surface area (Å²) < 4.78 is 5.85. The van der Waals surface area contributed by atoms with Crippen molar-refractivity contribution in [1.82, 2.24) is 5.01 Å². The van der Waals surface area contributed by atoms with Crippen molar-refractivity contribution < 1.29 is 19.2 Å². The minimum atomic E-state index is -0.476. The predicted octanol–water partition coefficient (Wildman–Crippen LogP) is 5.40. The molecule has 0 aromatic heterocycles. The zero-order valence-electron chi connectivity index (χ0n) is 21.2. The first-order chi connectivity index (χ1) is 19.5. The summed E-state index contributed by atoms with van der Waals surface area (Å²) >= 11 is 0. The first kappa shape index (κ1) is 24.0. The van der Waals surface area contributed by atoms with E-state index in [1.165, 1.54) is 18.3 Å². The van der Waals surface area contributed by atoms with Crippen molar-refractivity contribution in [2.75, 3.05) is 0 Å². The van der Waals surface area contributed by atoms with E-state index in [1.807, 2.05) is 30.3 Å². The fraction of sp³-hybridized carbons (Fsp3) is 0.156. The Morgan fingerprint density at radius 1 is 0.775 bits per heavy atom. The van der Waals surface area contributed by atoms with Gasteiger partial charge in [-0.3, -0.25) is 19.7 Å². The highest BCUT2D eigenvalue weighted by molar-refractivity contribution is 6.08. The van der Waals surface area contributed by atoms with Crippen LogP contribution in [0.3, 0.4) is 0 Å². The number of carbonyl (C=O) groups excluding carboxylic acids is 2. The number of rotatable bonds is 6. The van der Waals surface area contributed by atoms with Gasteiger partial charge < -0.3 is 4.74 Å². The molecule has 1 aliphatic heterocycles. The van der Waals surface area contributed by atoms with E-state index in [9.17, 15) is 19.7 Å². The molecular weight excluding hydrogens is 506 g/mol. The molecule has 2 atom stereocenters. The Hall–Kier alpha value is -5.11. The lowest BCUT2D eigenvalue weighted by molar-refractivity contribution is -0.384. The van der Waals surface area contributed by atoms with Crippen LogP contribution in [0.5, 0.6) is 5.75 Å². The Labute approximate surface area is 229 Å². The van der Waals surface area contributed by atoms with Crippen LogP contribution in [-0.4, -0.2) is 28.0 Å². The maximum Gasteiger partial charge on any atom is 0.269 e. The number of hydrogen-bond donors (Lipinski definition) is 0. The summed E-state index contributed by atoms with van der Waals surface area (Å²) in [5.41, 5.74) is 5.97. The van der Waals surface area contributed by atoms with E-state index in [2.05, 4.69) is 29.4 Å². The fourth-order valence-electron chi connectivity index (χ4n) is 6.46. The summed E-state index contributed by atoms with van der Waals surface area (Å²) in [4.78, 5) is 37.8. The van der Waals surface area contributed by atoms with Gasteiger partial charge in [-0.05, 0) is 57.6 Å². The number of imide groups is 1. The number of hydrogen-bond acceptors (Lipinski definition) is 6. The van der Waals surface area contributed by atoms with Gasteiger partial charge >= 0.3 is 0 Å². The molecule has 1 saturated heterocycles. The van der Waals surface area contributed by atoms with Gasteiger partial charge in [0.25, 0.3) is 17.5 Å². The lowest BCUT2D eigenvalue weighted by Gasteiger charge is -2.45. The Bertz CT molecular complexity index is 1600. The predicted molar refractivity (Wildman–Crippen MR) is 147 cm³/mol. The van der Waals surface area contributed by atoms with E-state index in [1.54, 1.807) is 30.3 Å². The summed E-state index contributed by atoms with van der Waals surface area (Å²) in [6.07, 6.45) is 1.51. The van der Waals surface area contributed by atoms with E-state index in [-0.39, 0.29) is 35.9 Å². The van der Waals surface area contributed by atoms with Crippen LogP contribution in [-0.2, 0) is 16.2 Å². The molecule has 8 rings (SSSR count). The standard InChI is InChI=1S/C32H23N3O5/c36-31-29-27-23-8-1-2-9-24(23)28(26-11-4-3-10-25(26)27)30(29)32(37)34(31)33-17-20-6-5-7-22(16-20)40-18-19-12-14-21(15-13-19)35(38)39/h1-17,27-30H,18H2/b33-17-/t27?,28?,29-,30-/m1/s1. The third-order valence-electron chi connectivity index (χ3n) is 8.16. The molecule has 1 heterocycles. The molecule has 4 aliphatic rings. The third kappa shape index (κ3) is 3.71. The Morgan fingerprint density at radius 2 is 1.32 bits per heavy atom. The van der Waals surface area contributed by atoms with Crippen molar-refractivity contribution in [2.24, 2.45) is 16.9 Å². The second-order valence-electron chi connectivity index (χ2n) is 10.3. The first-order valence-electron chi connectivity index (χ1n) is 13.1. The Balaban J connectivity index is 1.12. The van der Waals surface area contributed by atoms with Gasteiger partial charge in [0.05, 0.1) is 23.0 Å². The van der Waals surface area contributed by atoms with Crippen LogP contribution in [0.4, 0.5) is 5.69 Å². The molecule has 0 unspecified atom stereocenters. The lowest BCUT2D eigenvalue weighted by atomic mass is 9.55. The monoisotopic (exact) mass is 529 g/mol. The van der Waals surface area contributed by atoms with Crippen molar-refractivity contribution in [3.63, 3.8) is 0 Å². The largest absolute Gasteiger partial charge is 0.489 e. The Kier molecular flexibility index (Phi) is 5.55. The van der Waals surface area contributed by atoms with Crippen LogP contribution in [0.15, 0.2) is 102 Å². The third-order valence-corrected chi connectivity index (χ3v) is 8.16. The minimum Gasteiger partial charge on any atom is -0.489 e. The highest BCUT2D eigenvalue weighted by Gasteiger charge is 2.61. The van der Waals surface area contributed by atoms with Gasteiger partial charge in [0.2, 0.25) is 0 Å². The van der Waals surface area contributed by atoms with Gasteiger partial charge in [-0.15, -0.1) is 0 Å². The zero-order valence-corrected chi connectivity index (χ0v) is 21.2. The quantitative estimate of drug-likeness (QED) is 0.144. The van der Waals surface area contributed by atoms with Gasteiger partial charge in [-0.25, -0.2) is 0 Å². The minimum absolute atomic E-state index is 0.0218. The number of amides is 2. The molecule has 0 radical (unpaired) electrons. The average molecular weight is 530 g/mol. The Morgan fingerprint density at radius 3 is 1.85 bits per heavy atom. The molecule has 8 heteroatoms. The van der Waals surface area contributed by atoms with Crippen LogP contribution in [0.1, 0.15) is 45.2 Å². The maximum absolute atomic E-state index is 13.7. The number of non-ortho nitro benzene ring substituents is 1. The molecule has 2 amide bonds. The van der Waals surface area contributed by atoms with E-state index in [4.69, 9.17) is 4.74 Å². The summed E-state index contributed by atoms with van der Waals surface area (Å²) in [6.45, 7) is 0.231. The molecular formula is C32H23N3O5. The van der Waals surface area contributed by atoms with Crippen LogP contribution in [0, 0.1) is 22.0 Å². The van der Waals surface area contributed by atoms with E-state index < -0.39 is 16.8 Å². The SMILES string of the molecule is O=C1[C@@H]2C3c4ccccc4C(c4ccccc43)[C@H]2C(=O)N1/N=C\c1cccc(OCc2ccc([N+](=O)[O-])cc2)c1. The van der Waals surface area contributed by atoms with Crippen molar-refractivity contribution in [3.8, 4) is 5.75 Å². The highest BCUT2D eigenvalue weighted by Crippen LogP contribution is 2.60. The number of nitrogens with zero attached hydrogens (tertiary/aromatic N) is 3. The molecule has 0 saturated carbocycles. The molecule has 0 spiro atoms. The molecule has 1 fully saturated rings. The topological polar surface area (TPSA) is 102 Å². The lowest BCUT2D eigenvalue weighted by Crippen LogP contribution is -2.41. The summed E-state index contributed by atoms with van der Waals surface area (Å²) in [5, 5.41) is 16.3. The molecule has 40 heavy (non-hydrogen) atoms. The molecule has 0 N–H and O–H groups in total. The molecule has 3 aliphatic carbocycles. The summed E-state index contributed by atoms with van der Waals surface area (Å²) in [5.74, 6) is -1.26. The number of nitro groups is 1. The smallest absolute Gasteiger partial charge is 0.269 e. The number of nitro benzene ring substituents is 1. The van der Waals surface area contributed by atoms with Crippen molar-refractivity contribution in [3.05, 3.63) is 141 Å². The summed E-state index contributed by atoms with van der Waals surface area (Å²) in [7, 11) is 0. The van der Waals surface area contributed by atoms with Gasteiger partial charge in [-0.1, -0.05) is 60.7 Å². The van der Waals surface area contributed by atoms with E-state index in [0.29, 0.717) is 11.3 Å². The number of ether oxygens (including phenoxy) is 1. The van der Waals surface area contributed by atoms with Crippen LogP contribution < -0.4 is 4.74 Å². The molecule has 4 aromatic rings. The van der Waals surface area contributed by atoms with Gasteiger partial charge in [-0.2, -0.15) is 10.1 Å². The van der Waals surface area contributed by atoms with Gasteiger partial charge in [0.1, 0.15) is 12.4 Å². The number of carbonyl (C=O) groups is 2.